The van der Waals surface area contributed by atoms with Crippen molar-refractivity contribution < 1.29 is 14.4 Å². The van der Waals surface area contributed by atoms with Crippen LogP contribution in [-0.2, 0) is 9.59 Å². The van der Waals surface area contributed by atoms with E-state index in [0.29, 0.717) is 11.3 Å². The number of rotatable bonds is 3. The molecule has 0 saturated carbocycles. The average molecular weight is 217 g/mol. The maximum Gasteiger partial charge on any atom is 0.299 e. The van der Waals surface area contributed by atoms with Crippen molar-refractivity contribution in [2.24, 2.45) is 0 Å². The van der Waals surface area contributed by atoms with Crippen molar-refractivity contribution >= 4 is 23.7 Å². The Balaban J connectivity index is 2.41. The Labute approximate surface area is 92.9 Å². The van der Waals surface area contributed by atoms with E-state index in [9.17, 15) is 14.4 Å². The number of hydrogen-bond donors (Lipinski definition) is 0. The number of nitrogens with zero attached hydrogens (tertiary/aromatic N) is 1. The second-order valence-corrected chi connectivity index (χ2v) is 3.76. The van der Waals surface area contributed by atoms with E-state index < -0.39 is 11.7 Å². The van der Waals surface area contributed by atoms with Crippen LogP contribution < -0.4 is 4.90 Å². The molecular weight excluding hydrogens is 206 g/mol. The van der Waals surface area contributed by atoms with Crippen molar-refractivity contribution in [2.45, 2.75) is 13.3 Å². The van der Waals surface area contributed by atoms with Crippen LogP contribution in [0.5, 0.6) is 0 Å². The van der Waals surface area contributed by atoms with Gasteiger partial charge in [0.1, 0.15) is 6.29 Å². The van der Waals surface area contributed by atoms with E-state index >= 15 is 0 Å². The normalized spacial score (nSPS) is 14.2. The molecule has 1 aliphatic rings. The van der Waals surface area contributed by atoms with Gasteiger partial charge in [0, 0.05) is 13.0 Å². The van der Waals surface area contributed by atoms with E-state index in [4.69, 9.17) is 0 Å². The zero-order valence-corrected chi connectivity index (χ0v) is 8.90. The molecule has 1 amide bonds. The molecular formula is C12H11NO3. The van der Waals surface area contributed by atoms with Crippen LogP contribution in [0.25, 0.3) is 0 Å². The highest BCUT2D eigenvalue weighted by atomic mass is 16.2. The van der Waals surface area contributed by atoms with Gasteiger partial charge in [-0.3, -0.25) is 9.59 Å². The zero-order valence-electron chi connectivity index (χ0n) is 8.90. The molecule has 4 heteroatoms. The average Bonchev–Trinajstić information content (AvgIpc) is 2.50. The molecule has 1 aromatic carbocycles. The quantitative estimate of drug-likeness (QED) is 0.563. The van der Waals surface area contributed by atoms with E-state index in [1.54, 1.807) is 12.1 Å². The van der Waals surface area contributed by atoms with E-state index in [2.05, 4.69) is 0 Å². The SMILES string of the molecule is Cc1ccc2c(c1)C(=O)C(=O)N2CCC=O. The van der Waals surface area contributed by atoms with E-state index in [1.165, 1.54) is 4.90 Å². The Morgan fingerprint density at radius 1 is 1.31 bits per heavy atom. The molecule has 1 aromatic rings. The van der Waals surface area contributed by atoms with Gasteiger partial charge in [0.15, 0.2) is 0 Å². The van der Waals surface area contributed by atoms with Gasteiger partial charge in [0.25, 0.3) is 11.7 Å². The van der Waals surface area contributed by atoms with Crippen molar-refractivity contribution in [1.82, 2.24) is 0 Å². The summed E-state index contributed by atoms with van der Waals surface area (Å²) in [6.07, 6.45) is 0.982. The molecule has 16 heavy (non-hydrogen) atoms. The molecule has 82 valence electrons. The van der Waals surface area contributed by atoms with Gasteiger partial charge in [-0.1, -0.05) is 11.6 Å². The van der Waals surface area contributed by atoms with Gasteiger partial charge >= 0.3 is 0 Å². The minimum atomic E-state index is -0.539. The fourth-order valence-corrected chi connectivity index (χ4v) is 1.82. The van der Waals surface area contributed by atoms with Gasteiger partial charge in [-0.25, -0.2) is 0 Å². The molecule has 0 saturated heterocycles. The number of aldehydes is 1. The van der Waals surface area contributed by atoms with Crippen LogP contribution in [0.15, 0.2) is 18.2 Å². The lowest BCUT2D eigenvalue weighted by molar-refractivity contribution is -0.114. The third-order valence-corrected chi connectivity index (χ3v) is 2.60. The van der Waals surface area contributed by atoms with Crippen molar-refractivity contribution in [3.8, 4) is 0 Å². The summed E-state index contributed by atoms with van der Waals surface area (Å²) in [5.41, 5.74) is 2.00. The van der Waals surface area contributed by atoms with Gasteiger partial charge in [-0.05, 0) is 19.1 Å². The number of hydrogen-bond acceptors (Lipinski definition) is 3. The summed E-state index contributed by atoms with van der Waals surface area (Å²) in [4.78, 5) is 34.9. The van der Waals surface area contributed by atoms with E-state index in [-0.39, 0.29) is 13.0 Å². The van der Waals surface area contributed by atoms with Crippen molar-refractivity contribution in [3.63, 3.8) is 0 Å². The summed E-state index contributed by atoms with van der Waals surface area (Å²) in [7, 11) is 0. The van der Waals surface area contributed by atoms with Crippen molar-refractivity contribution in [2.75, 3.05) is 11.4 Å². The minimum Gasteiger partial charge on any atom is -0.304 e. The van der Waals surface area contributed by atoms with Crippen LogP contribution in [0.4, 0.5) is 5.69 Å². The van der Waals surface area contributed by atoms with Gasteiger partial charge in [0.2, 0.25) is 0 Å². The number of aryl methyl sites for hydroxylation is 1. The maximum atomic E-state index is 11.6. The molecule has 4 nitrogen and oxygen atoms in total. The van der Waals surface area contributed by atoms with Gasteiger partial charge in [-0.15, -0.1) is 0 Å². The van der Waals surface area contributed by atoms with Crippen LogP contribution in [0.1, 0.15) is 22.3 Å². The van der Waals surface area contributed by atoms with Crippen LogP contribution in [0.2, 0.25) is 0 Å². The number of carbonyl (C=O) groups is 3. The lowest BCUT2D eigenvalue weighted by Gasteiger charge is -2.14. The van der Waals surface area contributed by atoms with Crippen molar-refractivity contribution in [1.29, 1.82) is 0 Å². The fourth-order valence-electron chi connectivity index (χ4n) is 1.82. The molecule has 0 aromatic heterocycles. The number of benzene rings is 1. The highest BCUT2D eigenvalue weighted by molar-refractivity contribution is 6.52. The van der Waals surface area contributed by atoms with Crippen LogP contribution >= 0.6 is 0 Å². The summed E-state index contributed by atoms with van der Waals surface area (Å²) in [5, 5.41) is 0. The number of carbonyl (C=O) groups excluding carboxylic acids is 3. The molecule has 0 radical (unpaired) electrons. The molecule has 2 rings (SSSR count). The predicted octanol–water partition coefficient (Wildman–Crippen LogP) is 1.11. The molecule has 1 aliphatic heterocycles. The van der Waals surface area contributed by atoms with Gasteiger partial charge in [-0.2, -0.15) is 0 Å². The summed E-state index contributed by atoms with van der Waals surface area (Å²) >= 11 is 0. The first kappa shape index (κ1) is 10.5. The third kappa shape index (κ3) is 1.52. The molecule has 0 fully saturated rings. The van der Waals surface area contributed by atoms with E-state index in [0.717, 1.165) is 11.8 Å². The molecule has 0 aliphatic carbocycles. The lowest BCUT2D eigenvalue weighted by atomic mass is 10.1. The Morgan fingerprint density at radius 3 is 2.75 bits per heavy atom. The first-order valence-electron chi connectivity index (χ1n) is 5.05. The summed E-state index contributed by atoms with van der Waals surface area (Å²) < 4.78 is 0. The molecule has 1 heterocycles. The standard InChI is InChI=1S/C12H11NO3/c1-8-3-4-10-9(7-8)11(15)12(16)13(10)5-2-6-14/h3-4,6-7H,2,5H2,1H3. The predicted molar refractivity (Wildman–Crippen MR) is 58.5 cm³/mol. The van der Waals surface area contributed by atoms with Gasteiger partial charge < -0.3 is 9.69 Å². The van der Waals surface area contributed by atoms with E-state index in [1.807, 2.05) is 13.0 Å². The molecule has 0 atom stereocenters. The molecule has 0 unspecified atom stereocenters. The Morgan fingerprint density at radius 2 is 2.06 bits per heavy atom. The second-order valence-electron chi connectivity index (χ2n) is 3.76. The van der Waals surface area contributed by atoms with Crippen LogP contribution in [0.3, 0.4) is 0 Å². The van der Waals surface area contributed by atoms with Gasteiger partial charge in [0.05, 0.1) is 11.3 Å². The number of fused-ring (bicyclic) bond motifs is 1. The summed E-state index contributed by atoms with van der Waals surface area (Å²) in [6.45, 7) is 2.14. The fraction of sp³-hybridized carbons (Fsp3) is 0.250. The minimum absolute atomic E-state index is 0.242. The highest BCUT2D eigenvalue weighted by Crippen LogP contribution is 2.29. The molecule has 0 bridgehead atoms. The zero-order chi connectivity index (χ0) is 11.7. The number of anilines is 1. The lowest BCUT2D eigenvalue weighted by Crippen LogP contribution is -2.30. The number of ketones is 1. The summed E-state index contributed by atoms with van der Waals surface area (Å²) in [5.74, 6) is -1.02. The summed E-state index contributed by atoms with van der Waals surface area (Å²) in [6, 6.07) is 5.30. The van der Waals surface area contributed by atoms with Crippen molar-refractivity contribution in [3.05, 3.63) is 29.3 Å². The second kappa shape index (κ2) is 3.89. The number of Topliss-reactive ketones (excluding diaryl/α,β-unsaturated/α-hetero) is 1. The largest absolute Gasteiger partial charge is 0.304 e. The molecule has 0 spiro atoms. The Bertz CT molecular complexity index is 479. The highest BCUT2D eigenvalue weighted by Gasteiger charge is 2.35. The smallest absolute Gasteiger partial charge is 0.299 e. The topological polar surface area (TPSA) is 54.5 Å². The first-order chi connectivity index (χ1) is 7.65. The Kier molecular flexibility index (Phi) is 2.56. The maximum absolute atomic E-state index is 11.6. The Hall–Kier alpha value is -1.97. The van der Waals surface area contributed by atoms with Crippen LogP contribution in [0, 0.1) is 6.92 Å². The monoisotopic (exact) mass is 217 g/mol. The first-order valence-corrected chi connectivity index (χ1v) is 5.05. The number of amides is 1. The van der Waals surface area contributed by atoms with Crippen LogP contribution in [-0.4, -0.2) is 24.5 Å². The molecule has 0 N–H and O–H groups in total. The third-order valence-electron chi connectivity index (χ3n) is 2.60.